The highest BCUT2D eigenvalue weighted by atomic mass is 16.3. The van der Waals surface area contributed by atoms with Gasteiger partial charge in [-0.25, -0.2) is 0 Å². The molecule has 2 aromatic rings. The van der Waals surface area contributed by atoms with Crippen molar-refractivity contribution >= 4 is 5.91 Å². The first kappa shape index (κ1) is 17.2. The minimum Gasteiger partial charge on any atom is -0.381 e. The third-order valence-corrected chi connectivity index (χ3v) is 4.39. The average Bonchev–Trinajstić information content (AvgIpc) is 3.12. The fourth-order valence-corrected chi connectivity index (χ4v) is 3.10. The molecular formula is C18H22N4O3. The van der Waals surface area contributed by atoms with Gasteiger partial charge < -0.3 is 15.4 Å². The van der Waals surface area contributed by atoms with Crippen LogP contribution in [-0.2, 0) is 11.2 Å². The summed E-state index contributed by atoms with van der Waals surface area (Å²) in [6.07, 6.45) is 6.14. The number of aliphatic hydroxyl groups is 1. The van der Waals surface area contributed by atoms with Crippen molar-refractivity contribution < 1.29 is 9.90 Å². The molecule has 1 aliphatic rings. The largest absolute Gasteiger partial charge is 0.381 e. The van der Waals surface area contributed by atoms with Gasteiger partial charge >= 0.3 is 0 Å². The molecule has 2 unspecified atom stereocenters. The van der Waals surface area contributed by atoms with Crippen molar-refractivity contribution in [3.63, 3.8) is 0 Å². The van der Waals surface area contributed by atoms with E-state index >= 15 is 0 Å². The van der Waals surface area contributed by atoms with Gasteiger partial charge in [0.1, 0.15) is 0 Å². The molecule has 2 N–H and O–H groups in total. The molecule has 0 aliphatic carbocycles. The Morgan fingerprint density at radius 1 is 1.32 bits per heavy atom. The topological polar surface area (TPSA) is 87.5 Å². The van der Waals surface area contributed by atoms with E-state index in [1.165, 1.54) is 12.1 Å². The molecule has 0 bridgehead atoms. The van der Waals surface area contributed by atoms with Gasteiger partial charge in [0.05, 0.1) is 6.04 Å². The number of nitrogens with one attached hydrogen (secondary N) is 1. The summed E-state index contributed by atoms with van der Waals surface area (Å²) >= 11 is 0. The van der Waals surface area contributed by atoms with Gasteiger partial charge in [0.25, 0.3) is 5.91 Å². The van der Waals surface area contributed by atoms with Gasteiger partial charge in [-0.1, -0.05) is 6.07 Å². The van der Waals surface area contributed by atoms with E-state index in [9.17, 15) is 14.7 Å². The maximum Gasteiger partial charge on any atom is 0.251 e. The first-order chi connectivity index (χ1) is 12.1. The van der Waals surface area contributed by atoms with E-state index < -0.39 is 6.10 Å². The van der Waals surface area contributed by atoms with Crippen molar-refractivity contribution in [2.24, 2.45) is 0 Å². The third kappa shape index (κ3) is 4.24. The lowest BCUT2D eigenvalue weighted by atomic mass is 10.1. The van der Waals surface area contributed by atoms with Gasteiger partial charge in [0.2, 0.25) is 0 Å². The van der Waals surface area contributed by atoms with E-state index in [2.05, 4.69) is 10.3 Å². The van der Waals surface area contributed by atoms with E-state index in [-0.39, 0.29) is 17.4 Å². The summed E-state index contributed by atoms with van der Waals surface area (Å²) in [7, 11) is 0. The van der Waals surface area contributed by atoms with E-state index in [0.29, 0.717) is 13.0 Å². The van der Waals surface area contributed by atoms with Gasteiger partial charge in [0, 0.05) is 55.9 Å². The second-order valence-electron chi connectivity index (χ2n) is 6.09. The number of pyridine rings is 2. The molecule has 3 heterocycles. The van der Waals surface area contributed by atoms with Crippen LogP contribution in [0.1, 0.15) is 18.5 Å². The minimum atomic E-state index is -1.12. The van der Waals surface area contributed by atoms with Crippen molar-refractivity contribution in [1.29, 1.82) is 0 Å². The van der Waals surface area contributed by atoms with E-state index in [1.54, 1.807) is 23.3 Å². The molecule has 2 atom stereocenters. The van der Waals surface area contributed by atoms with Crippen LogP contribution >= 0.6 is 0 Å². The summed E-state index contributed by atoms with van der Waals surface area (Å²) in [5.74, 6) is -0.381. The average molecular weight is 342 g/mol. The van der Waals surface area contributed by atoms with Crippen LogP contribution in [-0.4, -0.2) is 45.9 Å². The molecule has 1 fully saturated rings. The maximum atomic E-state index is 12.3. The first-order valence-electron chi connectivity index (χ1n) is 8.46. The zero-order valence-electron chi connectivity index (χ0n) is 13.9. The highest BCUT2D eigenvalue weighted by Crippen LogP contribution is 2.19. The molecule has 3 rings (SSSR count). The lowest BCUT2D eigenvalue weighted by molar-refractivity contribution is -0.130. The second kappa shape index (κ2) is 7.94. The predicted molar refractivity (Wildman–Crippen MR) is 93.8 cm³/mol. The predicted octanol–water partition coefficient (Wildman–Crippen LogP) is 0.0635. The number of hydrogen-bond donors (Lipinski definition) is 2. The highest BCUT2D eigenvalue weighted by Gasteiger charge is 2.34. The number of amides is 1. The molecule has 0 radical (unpaired) electrons. The van der Waals surface area contributed by atoms with Crippen LogP contribution in [0.15, 0.2) is 53.7 Å². The molecule has 0 spiro atoms. The van der Waals surface area contributed by atoms with Crippen molar-refractivity contribution in [3.05, 3.63) is 64.8 Å². The normalized spacial score (nSPS) is 18.1. The Morgan fingerprint density at radius 3 is 2.84 bits per heavy atom. The second-order valence-corrected chi connectivity index (χ2v) is 6.09. The van der Waals surface area contributed by atoms with Crippen LogP contribution in [0.5, 0.6) is 0 Å². The smallest absolute Gasteiger partial charge is 0.251 e. The lowest BCUT2D eigenvalue weighted by Gasteiger charge is -2.31. The quantitative estimate of drug-likeness (QED) is 0.775. The van der Waals surface area contributed by atoms with Gasteiger partial charge in [0.15, 0.2) is 11.5 Å². The molecule has 1 amide bonds. The molecular weight excluding hydrogens is 320 g/mol. The van der Waals surface area contributed by atoms with Crippen molar-refractivity contribution in [1.82, 2.24) is 15.0 Å². The summed E-state index contributed by atoms with van der Waals surface area (Å²) < 4.78 is 1.77. The standard InChI is InChI=1S/C18H22N4O3/c23-15-7-12-21(13-8-15)22-11-3-5-16(22)17(24)18(25)20-10-6-14-4-1-2-9-19-14/h1-2,4,7-9,12-13,16-17,24H,3,5-6,10-11H2,(H,20,25). The van der Waals surface area contributed by atoms with Crippen LogP contribution in [0.25, 0.3) is 0 Å². The third-order valence-electron chi connectivity index (χ3n) is 4.39. The van der Waals surface area contributed by atoms with Crippen molar-refractivity contribution in [2.45, 2.75) is 31.4 Å². The number of carbonyl (C=O) groups excluding carboxylic acids is 1. The van der Waals surface area contributed by atoms with Crippen molar-refractivity contribution in [3.8, 4) is 0 Å². The number of aromatic nitrogens is 2. The van der Waals surface area contributed by atoms with Crippen LogP contribution in [0.3, 0.4) is 0 Å². The Labute approximate surface area is 145 Å². The maximum absolute atomic E-state index is 12.3. The molecule has 7 heteroatoms. The Balaban J connectivity index is 1.57. The zero-order chi connectivity index (χ0) is 17.6. The van der Waals surface area contributed by atoms with Crippen LogP contribution in [0.4, 0.5) is 0 Å². The van der Waals surface area contributed by atoms with Gasteiger partial charge in [-0.2, -0.15) is 0 Å². The zero-order valence-corrected chi connectivity index (χ0v) is 13.9. The monoisotopic (exact) mass is 342 g/mol. The Morgan fingerprint density at radius 2 is 2.12 bits per heavy atom. The van der Waals surface area contributed by atoms with E-state index in [0.717, 1.165) is 25.1 Å². The molecule has 25 heavy (non-hydrogen) atoms. The fraction of sp³-hybridized carbons (Fsp3) is 0.389. The van der Waals surface area contributed by atoms with Crippen LogP contribution in [0.2, 0.25) is 0 Å². The number of aliphatic hydroxyl groups excluding tert-OH is 1. The summed E-state index contributed by atoms with van der Waals surface area (Å²) in [6, 6.07) is 8.27. The first-order valence-corrected chi connectivity index (χ1v) is 8.46. The minimum absolute atomic E-state index is 0.0696. The van der Waals surface area contributed by atoms with Gasteiger partial charge in [-0.3, -0.25) is 19.2 Å². The van der Waals surface area contributed by atoms with Crippen molar-refractivity contribution in [2.75, 3.05) is 18.1 Å². The number of nitrogens with zero attached hydrogens (tertiary/aromatic N) is 3. The van der Waals surface area contributed by atoms with Crippen LogP contribution < -0.4 is 15.8 Å². The SMILES string of the molecule is O=C(NCCc1ccccn1)C(O)C1CCCN1n1ccc(=O)cc1. The Kier molecular flexibility index (Phi) is 5.45. The number of hydrogen-bond acceptors (Lipinski definition) is 5. The highest BCUT2D eigenvalue weighted by molar-refractivity contribution is 5.81. The lowest BCUT2D eigenvalue weighted by Crippen LogP contribution is -2.52. The van der Waals surface area contributed by atoms with Gasteiger partial charge in [-0.05, 0) is 25.0 Å². The molecule has 1 saturated heterocycles. The summed E-state index contributed by atoms with van der Waals surface area (Å²) in [4.78, 5) is 27.7. The van der Waals surface area contributed by atoms with Crippen LogP contribution in [0, 0.1) is 0 Å². The number of rotatable bonds is 6. The molecule has 0 aromatic carbocycles. The summed E-state index contributed by atoms with van der Waals surface area (Å²) in [6.45, 7) is 1.16. The van der Waals surface area contributed by atoms with Gasteiger partial charge in [-0.15, -0.1) is 0 Å². The molecule has 1 aliphatic heterocycles. The fourth-order valence-electron chi connectivity index (χ4n) is 3.10. The molecule has 7 nitrogen and oxygen atoms in total. The summed E-state index contributed by atoms with van der Waals surface area (Å²) in [5, 5.41) is 15.1. The Hall–Kier alpha value is -2.67. The number of carbonyl (C=O) groups is 1. The van der Waals surface area contributed by atoms with E-state index in [1.807, 2.05) is 23.2 Å². The summed E-state index contributed by atoms with van der Waals surface area (Å²) in [5.41, 5.74) is 0.827. The molecule has 132 valence electrons. The van der Waals surface area contributed by atoms with E-state index in [4.69, 9.17) is 0 Å². The molecule has 2 aromatic heterocycles. The molecule has 0 saturated carbocycles. The Bertz CT molecular complexity index is 742.